The van der Waals surface area contributed by atoms with Crippen LogP contribution >= 0.6 is 0 Å². The molecule has 1 rings (SSSR count). The summed E-state index contributed by atoms with van der Waals surface area (Å²) in [6.45, 7) is 6.33. The van der Waals surface area contributed by atoms with Crippen molar-refractivity contribution in [2.75, 3.05) is 14.2 Å². The summed E-state index contributed by atoms with van der Waals surface area (Å²) in [5.41, 5.74) is 2.67. The van der Waals surface area contributed by atoms with Gasteiger partial charge in [-0.15, -0.1) is 0 Å². The summed E-state index contributed by atoms with van der Waals surface area (Å²) in [5, 5.41) is 2.53. The fourth-order valence-corrected chi connectivity index (χ4v) is 1.84. The van der Waals surface area contributed by atoms with Crippen molar-refractivity contribution in [1.82, 2.24) is 5.32 Å². The Balaban J connectivity index is 0.000000441. The first-order valence-electron chi connectivity index (χ1n) is 7.49. The second-order valence-corrected chi connectivity index (χ2v) is 4.67. The number of carbonyl (C=O) groups is 1. The fourth-order valence-electron chi connectivity index (χ4n) is 1.84. The van der Waals surface area contributed by atoms with Crippen LogP contribution in [-0.4, -0.2) is 20.1 Å². The van der Waals surface area contributed by atoms with E-state index in [4.69, 9.17) is 4.74 Å². The number of ether oxygens (including phenoxy) is 1. The van der Waals surface area contributed by atoms with Crippen molar-refractivity contribution in [3.63, 3.8) is 0 Å². The van der Waals surface area contributed by atoms with E-state index in [1.807, 2.05) is 6.92 Å². The minimum atomic E-state index is 0.127. The molecule has 1 N–H and O–H groups in total. The maximum atomic E-state index is 10.3. The van der Waals surface area contributed by atoms with E-state index in [-0.39, 0.29) is 5.91 Å². The third-order valence-electron chi connectivity index (χ3n) is 3.03. The van der Waals surface area contributed by atoms with Crippen LogP contribution in [0.1, 0.15) is 51.2 Å². The number of aryl methyl sites for hydroxylation is 2. The van der Waals surface area contributed by atoms with Gasteiger partial charge in [-0.1, -0.05) is 39.3 Å². The first kappa shape index (κ1) is 18.5. The molecule has 0 saturated carbocycles. The molecule has 0 aliphatic carbocycles. The Hall–Kier alpha value is -1.51. The van der Waals surface area contributed by atoms with Crippen LogP contribution in [-0.2, 0) is 17.6 Å². The molecule has 114 valence electrons. The van der Waals surface area contributed by atoms with Crippen molar-refractivity contribution in [2.45, 2.75) is 52.9 Å². The first-order valence-corrected chi connectivity index (χ1v) is 7.49. The molecule has 1 amide bonds. The van der Waals surface area contributed by atoms with Crippen LogP contribution in [0.15, 0.2) is 18.2 Å². The van der Waals surface area contributed by atoms with Gasteiger partial charge in [-0.2, -0.15) is 0 Å². The van der Waals surface area contributed by atoms with Gasteiger partial charge in [-0.25, -0.2) is 0 Å². The Labute approximate surface area is 123 Å². The highest BCUT2D eigenvalue weighted by Crippen LogP contribution is 2.21. The molecular weight excluding hydrogens is 250 g/mol. The van der Waals surface area contributed by atoms with Gasteiger partial charge in [0, 0.05) is 13.5 Å². The molecule has 0 radical (unpaired) electrons. The molecule has 0 bridgehead atoms. The number of methoxy groups -OCH3 is 1. The third kappa shape index (κ3) is 7.17. The summed E-state index contributed by atoms with van der Waals surface area (Å²) in [4.78, 5) is 10.3. The minimum Gasteiger partial charge on any atom is -0.496 e. The summed E-state index contributed by atoms with van der Waals surface area (Å²) in [5.74, 6) is 1.17. The van der Waals surface area contributed by atoms with Gasteiger partial charge in [0.2, 0.25) is 5.91 Å². The normalized spacial score (nSPS) is 9.45. The smallest absolute Gasteiger partial charge is 0.219 e. The van der Waals surface area contributed by atoms with Gasteiger partial charge in [0.05, 0.1) is 7.11 Å². The highest BCUT2D eigenvalue weighted by molar-refractivity contribution is 5.75. The van der Waals surface area contributed by atoms with Gasteiger partial charge in [0.25, 0.3) is 0 Å². The molecule has 0 aromatic heterocycles. The summed E-state index contributed by atoms with van der Waals surface area (Å²) in [6.07, 6.45) is 4.92. The molecule has 0 aliphatic rings. The number of benzene rings is 1. The molecule has 0 fully saturated rings. The van der Waals surface area contributed by atoms with Crippen LogP contribution in [0, 0.1) is 0 Å². The second-order valence-electron chi connectivity index (χ2n) is 4.67. The Kier molecular flexibility index (Phi) is 10.5. The van der Waals surface area contributed by atoms with Crippen molar-refractivity contribution in [3.8, 4) is 5.75 Å². The number of hydrogen-bond donors (Lipinski definition) is 1. The Morgan fingerprint density at radius 2 is 1.90 bits per heavy atom. The maximum Gasteiger partial charge on any atom is 0.219 e. The van der Waals surface area contributed by atoms with E-state index < -0.39 is 0 Å². The zero-order chi connectivity index (χ0) is 15.4. The van der Waals surface area contributed by atoms with Gasteiger partial charge in [-0.3, -0.25) is 4.79 Å². The lowest BCUT2D eigenvalue weighted by Gasteiger charge is -2.08. The van der Waals surface area contributed by atoms with Crippen molar-refractivity contribution in [2.24, 2.45) is 0 Å². The molecule has 1 aromatic rings. The topological polar surface area (TPSA) is 38.3 Å². The quantitative estimate of drug-likeness (QED) is 0.861. The molecule has 0 atom stereocenters. The van der Waals surface area contributed by atoms with E-state index in [0.29, 0.717) is 6.42 Å². The van der Waals surface area contributed by atoms with Crippen LogP contribution in [0.4, 0.5) is 0 Å². The van der Waals surface area contributed by atoms with E-state index >= 15 is 0 Å². The van der Waals surface area contributed by atoms with Gasteiger partial charge >= 0.3 is 0 Å². The average molecular weight is 279 g/mol. The molecule has 0 aliphatic heterocycles. The standard InChI is InChI=1S/C12H18O.C5H11NO/c1-4-6-11-8-7-10(5-2)9-12(11)13-3;1-3-4-5(7)6-2/h7-9H,4-6H2,1-3H3;3-4H2,1-2H3,(H,6,7). The predicted molar refractivity (Wildman–Crippen MR) is 85.3 cm³/mol. The minimum absolute atomic E-state index is 0.127. The predicted octanol–water partition coefficient (Wildman–Crippen LogP) is 3.74. The van der Waals surface area contributed by atoms with Gasteiger partial charge in [0.1, 0.15) is 5.75 Å². The molecule has 3 heteroatoms. The zero-order valence-corrected chi connectivity index (χ0v) is 13.6. The molecule has 20 heavy (non-hydrogen) atoms. The third-order valence-corrected chi connectivity index (χ3v) is 3.03. The maximum absolute atomic E-state index is 10.3. The Morgan fingerprint density at radius 3 is 2.30 bits per heavy atom. The summed E-state index contributed by atoms with van der Waals surface area (Å²) in [7, 11) is 3.39. The van der Waals surface area contributed by atoms with Crippen molar-refractivity contribution < 1.29 is 9.53 Å². The largest absolute Gasteiger partial charge is 0.496 e. The molecule has 0 saturated heterocycles. The van der Waals surface area contributed by atoms with E-state index in [9.17, 15) is 4.79 Å². The van der Waals surface area contributed by atoms with Crippen LogP contribution in [0.5, 0.6) is 5.75 Å². The van der Waals surface area contributed by atoms with Gasteiger partial charge < -0.3 is 10.1 Å². The SMILES string of the molecule is CCCC(=O)NC.CCCc1ccc(CC)cc1OC. The van der Waals surface area contributed by atoms with E-state index in [0.717, 1.165) is 25.0 Å². The summed E-state index contributed by atoms with van der Waals surface area (Å²) >= 11 is 0. The lowest BCUT2D eigenvalue weighted by molar-refractivity contribution is -0.120. The van der Waals surface area contributed by atoms with Gasteiger partial charge in [0.15, 0.2) is 0 Å². The monoisotopic (exact) mass is 279 g/mol. The second kappa shape index (κ2) is 11.3. The number of hydrogen-bond acceptors (Lipinski definition) is 2. The van der Waals surface area contributed by atoms with E-state index in [1.54, 1.807) is 14.2 Å². The Bertz CT molecular complexity index is 389. The van der Waals surface area contributed by atoms with Crippen LogP contribution in [0.3, 0.4) is 0 Å². The number of nitrogens with one attached hydrogen (secondary N) is 1. The lowest BCUT2D eigenvalue weighted by atomic mass is 10.1. The first-order chi connectivity index (χ1) is 9.62. The van der Waals surface area contributed by atoms with E-state index in [2.05, 4.69) is 37.4 Å². The Morgan fingerprint density at radius 1 is 1.20 bits per heavy atom. The molecule has 1 aromatic carbocycles. The molecule has 0 spiro atoms. The van der Waals surface area contributed by atoms with Gasteiger partial charge in [-0.05, 0) is 36.5 Å². The average Bonchev–Trinajstić information content (AvgIpc) is 2.48. The van der Waals surface area contributed by atoms with E-state index in [1.165, 1.54) is 17.5 Å². The zero-order valence-electron chi connectivity index (χ0n) is 13.6. The molecule has 0 heterocycles. The molecule has 0 unspecified atom stereocenters. The molecular formula is C17H29NO2. The van der Waals surface area contributed by atoms with Crippen molar-refractivity contribution >= 4 is 5.91 Å². The van der Waals surface area contributed by atoms with Crippen LogP contribution in [0.25, 0.3) is 0 Å². The summed E-state index contributed by atoms with van der Waals surface area (Å²) < 4.78 is 5.34. The summed E-state index contributed by atoms with van der Waals surface area (Å²) in [6, 6.07) is 6.51. The highest BCUT2D eigenvalue weighted by atomic mass is 16.5. The van der Waals surface area contributed by atoms with Crippen molar-refractivity contribution in [3.05, 3.63) is 29.3 Å². The van der Waals surface area contributed by atoms with Crippen molar-refractivity contribution in [1.29, 1.82) is 0 Å². The highest BCUT2D eigenvalue weighted by Gasteiger charge is 2.02. The molecule has 3 nitrogen and oxygen atoms in total. The number of rotatable bonds is 6. The van der Waals surface area contributed by atoms with Crippen LogP contribution < -0.4 is 10.1 Å². The lowest BCUT2D eigenvalue weighted by Crippen LogP contribution is -2.16. The number of carbonyl (C=O) groups excluding carboxylic acids is 1. The fraction of sp³-hybridized carbons (Fsp3) is 0.588. The number of amides is 1. The van der Waals surface area contributed by atoms with Crippen LogP contribution in [0.2, 0.25) is 0 Å².